The Labute approximate surface area is 70.0 Å². The van der Waals surface area contributed by atoms with Crippen molar-refractivity contribution in [1.29, 1.82) is 0 Å². The van der Waals surface area contributed by atoms with E-state index >= 15 is 0 Å². The van der Waals surface area contributed by atoms with Gasteiger partial charge in [0, 0.05) is 12.3 Å². The standard InChI is InChI=1S/C6H3BrFN3/c7-6-9-5-3-4(8)1-2-11(5)10-6/h1-3H. The predicted molar refractivity (Wildman–Crippen MR) is 40.6 cm³/mol. The first-order valence-electron chi connectivity index (χ1n) is 2.93. The number of nitrogens with zero attached hydrogens (tertiary/aromatic N) is 3. The van der Waals surface area contributed by atoms with Crippen molar-refractivity contribution in [3.63, 3.8) is 0 Å². The maximum absolute atomic E-state index is 12.5. The van der Waals surface area contributed by atoms with Crippen LogP contribution >= 0.6 is 15.9 Å². The molecule has 0 aliphatic rings. The van der Waals surface area contributed by atoms with Gasteiger partial charge in [-0.1, -0.05) is 0 Å². The number of fused-ring (bicyclic) bond motifs is 1. The summed E-state index contributed by atoms with van der Waals surface area (Å²) >= 11 is 3.08. The molecule has 2 rings (SSSR count). The summed E-state index contributed by atoms with van der Waals surface area (Å²) in [6, 6.07) is 2.64. The Bertz CT molecular complexity index is 398. The van der Waals surface area contributed by atoms with Crippen LogP contribution in [0.3, 0.4) is 0 Å². The minimum absolute atomic E-state index is 0.308. The monoisotopic (exact) mass is 215 g/mol. The van der Waals surface area contributed by atoms with Crippen LogP contribution in [0.4, 0.5) is 4.39 Å². The highest BCUT2D eigenvalue weighted by Gasteiger charge is 1.99. The molecule has 0 aromatic carbocycles. The molecule has 0 aliphatic carbocycles. The van der Waals surface area contributed by atoms with Crippen molar-refractivity contribution in [3.05, 3.63) is 28.9 Å². The summed E-state index contributed by atoms with van der Waals surface area (Å²) in [5, 5.41) is 3.91. The van der Waals surface area contributed by atoms with Gasteiger partial charge in [0.1, 0.15) is 5.82 Å². The minimum atomic E-state index is -0.308. The van der Waals surface area contributed by atoms with Crippen LogP contribution in [-0.2, 0) is 0 Å². The predicted octanol–water partition coefficient (Wildman–Crippen LogP) is 1.63. The minimum Gasteiger partial charge on any atom is -0.220 e. The quantitative estimate of drug-likeness (QED) is 0.669. The Morgan fingerprint density at radius 2 is 2.36 bits per heavy atom. The second-order valence-corrected chi connectivity index (χ2v) is 2.74. The first-order valence-corrected chi connectivity index (χ1v) is 3.72. The van der Waals surface area contributed by atoms with Crippen LogP contribution in [0.25, 0.3) is 5.65 Å². The number of aromatic nitrogens is 3. The summed E-state index contributed by atoms with van der Waals surface area (Å²) < 4.78 is 14.5. The first-order chi connectivity index (χ1) is 5.25. The van der Waals surface area contributed by atoms with E-state index in [1.54, 1.807) is 0 Å². The molecule has 0 aliphatic heterocycles. The van der Waals surface area contributed by atoms with Crippen molar-refractivity contribution in [1.82, 2.24) is 14.6 Å². The van der Waals surface area contributed by atoms with Gasteiger partial charge in [0.25, 0.3) is 0 Å². The molecule has 3 nitrogen and oxygen atoms in total. The zero-order valence-corrected chi connectivity index (χ0v) is 6.92. The van der Waals surface area contributed by atoms with E-state index < -0.39 is 0 Å². The highest BCUT2D eigenvalue weighted by Crippen LogP contribution is 2.07. The average Bonchev–Trinajstić information content (AvgIpc) is 2.27. The number of rotatable bonds is 0. The SMILES string of the molecule is Fc1ccn2nc(Br)nc2c1. The van der Waals surface area contributed by atoms with Gasteiger partial charge in [0.05, 0.1) is 0 Å². The molecule has 0 saturated heterocycles. The molecule has 56 valence electrons. The summed E-state index contributed by atoms with van der Waals surface area (Å²) in [7, 11) is 0. The van der Waals surface area contributed by atoms with E-state index in [9.17, 15) is 4.39 Å². The second kappa shape index (κ2) is 2.27. The van der Waals surface area contributed by atoms with Gasteiger partial charge in [-0.3, -0.25) is 0 Å². The molecule has 0 bridgehead atoms. The summed E-state index contributed by atoms with van der Waals surface area (Å²) in [5.74, 6) is -0.308. The van der Waals surface area contributed by atoms with E-state index in [2.05, 4.69) is 26.0 Å². The number of pyridine rings is 1. The molecule has 2 aromatic heterocycles. The van der Waals surface area contributed by atoms with Crippen molar-refractivity contribution >= 4 is 21.6 Å². The summed E-state index contributed by atoms with van der Waals surface area (Å²) in [5.41, 5.74) is 0.497. The molecule has 11 heavy (non-hydrogen) atoms. The van der Waals surface area contributed by atoms with Crippen LogP contribution in [-0.4, -0.2) is 14.6 Å². The third-order valence-electron chi connectivity index (χ3n) is 1.27. The van der Waals surface area contributed by atoms with Crippen LogP contribution < -0.4 is 0 Å². The van der Waals surface area contributed by atoms with E-state index in [0.717, 1.165) is 0 Å². The molecule has 0 atom stereocenters. The fourth-order valence-electron chi connectivity index (χ4n) is 0.830. The molecule has 0 N–H and O–H groups in total. The smallest absolute Gasteiger partial charge is 0.218 e. The van der Waals surface area contributed by atoms with E-state index in [0.29, 0.717) is 10.4 Å². The lowest BCUT2D eigenvalue weighted by molar-refractivity contribution is 0.625. The van der Waals surface area contributed by atoms with Crippen LogP contribution in [0.2, 0.25) is 0 Å². The third kappa shape index (κ3) is 1.11. The van der Waals surface area contributed by atoms with Crippen molar-refractivity contribution in [2.75, 3.05) is 0 Å². The lowest BCUT2D eigenvalue weighted by Crippen LogP contribution is -1.86. The maximum Gasteiger partial charge on any atom is 0.218 e. The topological polar surface area (TPSA) is 30.2 Å². The zero-order valence-electron chi connectivity index (χ0n) is 5.33. The van der Waals surface area contributed by atoms with Crippen LogP contribution in [0.1, 0.15) is 0 Å². The molecule has 0 saturated carbocycles. The van der Waals surface area contributed by atoms with Crippen molar-refractivity contribution in [3.8, 4) is 0 Å². The van der Waals surface area contributed by atoms with Crippen molar-refractivity contribution in [2.45, 2.75) is 0 Å². The molecular formula is C6H3BrFN3. The first kappa shape index (κ1) is 6.72. The number of hydrogen-bond donors (Lipinski definition) is 0. The average molecular weight is 216 g/mol. The summed E-state index contributed by atoms with van der Waals surface area (Å²) in [6.45, 7) is 0. The fourth-order valence-corrected chi connectivity index (χ4v) is 1.18. The molecule has 0 fully saturated rings. The molecule has 2 heterocycles. The van der Waals surface area contributed by atoms with Gasteiger partial charge in [0.15, 0.2) is 5.65 Å². The highest BCUT2D eigenvalue weighted by molar-refractivity contribution is 9.10. The normalized spacial score (nSPS) is 10.7. The molecule has 0 unspecified atom stereocenters. The Morgan fingerprint density at radius 1 is 1.55 bits per heavy atom. The van der Waals surface area contributed by atoms with Gasteiger partial charge in [-0.05, 0) is 22.0 Å². The van der Waals surface area contributed by atoms with Crippen molar-refractivity contribution < 1.29 is 4.39 Å². The maximum atomic E-state index is 12.5. The van der Waals surface area contributed by atoms with E-state index in [-0.39, 0.29) is 5.82 Å². The molecule has 0 amide bonds. The van der Waals surface area contributed by atoms with Gasteiger partial charge >= 0.3 is 0 Å². The largest absolute Gasteiger partial charge is 0.220 e. The van der Waals surface area contributed by atoms with E-state index in [1.807, 2.05) is 0 Å². The fraction of sp³-hybridized carbons (Fsp3) is 0. The highest BCUT2D eigenvalue weighted by atomic mass is 79.9. The molecule has 0 radical (unpaired) electrons. The second-order valence-electron chi connectivity index (χ2n) is 2.03. The Morgan fingerprint density at radius 3 is 3.18 bits per heavy atom. The zero-order chi connectivity index (χ0) is 7.84. The van der Waals surface area contributed by atoms with Crippen LogP contribution in [0, 0.1) is 5.82 Å². The van der Waals surface area contributed by atoms with Gasteiger partial charge in [-0.25, -0.2) is 13.9 Å². The van der Waals surface area contributed by atoms with Gasteiger partial charge < -0.3 is 0 Å². The van der Waals surface area contributed by atoms with Gasteiger partial charge in [-0.15, -0.1) is 5.10 Å². The molecule has 5 heteroatoms. The van der Waals surface area contributed by atoms with Crippen LogP contribution in [0.5, 0.6) is 0 Å². The lowest BCUT2D eigenvalue weighted by Gasteiger charge is -1.88. The Hall–Kier alpha value is -0.970. The Kier molecular flexibility index (Phi) is 1.38. The van der Waals surface area contributed by atoms with E-state index in [4.69, 9.17) is 0 Å². The number of halogens is 2. The van der Waals surface area contributed by atoms with Crippen molar-refractivity contribution in [2.24, 2.45) is 0 Å². The van der Waals surface area contributed by atoms with Gasteiger partial charge in [-0.2, -0.15) is 0 Å². The molecular weight excluding hydrogens is 213 g/mol. The summed E-state index contributed by atoms with van der Waals surface area (Å²) in [6.07, 6.45) is 1.52. The van der Waals surface area contributed by atoms with E-state index in [1.165, 1.54) is 22.8 Å². The molecule has 0 spiro atoms. The number of hydrogen-bond acceptors (Lipinski definition) is 2. The molecule has 2 aromatic rings. The van der Waals surface area contributed by atoms with Crippen LogP contribution in [0.15, 0.2) is 23.1 Å². The third-order valence-corrected chi connectivity index (χ3v) is 1.61. The Balaban J connectivity index is 2.82. The lowest BCUT2D eigenvalue weighted by atomic mass is 10.5. The van der Waals surface area contributed by atoms with Gasteiger partial charge in [0.2, 0.25) is 4.73 Å². The summed E-state index contributed by atoms with van der Waals surface area (Å²) in [4.78, 5) is 3.90.